The average Bonchev–Trinajstić information content (AvgIpc) is 2.68. The Morgan fingerprint density at radius 3 is 2.35 bits per heavy atom. The lowest BCUT2D eigenvalue weighted by Crippen LogP contribution is -2.48. The van der Waals surface area contributed by atoms with Gasteiger partial charge in [0.25, 0.3) is 0 Å². The zero-order valence-electron chi connectivity index (χ0n) is 17.9. The molecule has 0 amide bonds. The summed E-state index contributed by atoms with van der Waals surface area (Å²) in [7, 11) is 1.43. The lowest BCUT2D eigenvalue weighted by molar-refractivity contribution is -0.131. The maximum absolute atomic E-state index is 12.9. The number of hydrogen-bond donors (Lipinski definition) is 3. The van der Waals surface area contributed by atoms with Crippen LogP contribution >= 0.6 is 15.9 Å². The van der Waals surface area contributed by atoms with Crippen LogP contribution in [0.1, 0.15) is 38.7 Å². The first kappa shape index (κ1) is 23.0. The number of hydrogen-bond acceptors (Lipinski definition) is 6. The number of aliphatic hydroxyl groups is 1. The van der Waals surface area contributed by atoms with Crippen LogP contribution in [-0.2, 0) is 9.59 Å². The second-order valence-electron chi connectivity index (χ2n) is 8.11. The van der Waals surface area contributed by atoms with E-state index < -0.39 is 17.4 Å². The van der Waals surface area contributed by atoms with Crippen molar-refractivity contribution < 1.29 is 24.5 Å². The number of Topliss-reactive ketones (excluding diaryl/α,β-unsaturated/α-hetero) is 2. The van der Waals surface area contributed by atoms with Crippen molar-refractivity contribution in [2.75, 3.05) is 12.4 Å². The van der Waals surface area contributed by atoms with Crippen LogP contribution in [0.3, 0.4) is 0 Å². The standard InChI is InChI=1S/C24H26BrNO5/c1-13(27)21-18(26-17-8-6-16(25)7-9-17)12-24(3,30)23(14(2)28)22(21)15-5-10-19(29)20(11-15)31-4/h5-11,22-23,26,29-30H,12H2,1-4H3/t22-,23+,24-/m1/s1. The lowest BCUT2D eigenvalue weighted by atomic mass is 9.64. The molecular formula is C24H26BrNO5. The van der Waals surface area contributed by atoms with Gasteiger partial charge in [-0.05, 0) is 62.7 Å². The third-order valence-electron chi connectivity index (χ3n) is 5.69. The fourth-order valence-electron chi connectivity index (χ4n) is 4.45. The molecule has 1 aliphatic carbocycles. The maximum Gasteiger partial charge on any atom is 0.160 e. The number of benzene rings is 2. The highest BCUT2D eigenvalue weighted by molar-refractivity contribution is 9.10. The number of carbonyl (C=O) groups is 2. The number of halogens is 1. The highest BCUT2D eigenvalue weighted by Gasteiger charge is 2.49. The zero-order chi connectivity index (χ0) is 22.9. The summed E-state index contributed by atoms with van der Waals surface area (Å²) in [5.74, 6) is -1.77. The van der Waals surface area contributed by atoms with Gasteiger partial charge in [0.2, 0.25) is 0 Å². The summed E-state index contributed by atoms with van der Waals surface area (Å²) in [5.41, 5.74) is 0.973. The molecule has 0 bridgehead atoms. The van der Waals surface area contributed by atoms with Crippen molar-refractivity contribution in [1.82, 2.24) is 0 Å². The number of methoxy groups -OCH3 is 1. The first-order valence-corrected chi connectivity index (χ1v) is 10.7. The number of phenolic OH excluding ortho intramolecular Hbond substituents is 1. The summed E-state index contributed by atoms with van der Waals surface area (Å²) in [6.07, 6.45) is 0.119. The minimum absolute atomic E-state index is 0.0465. The molecule has 0 aliphatic heterocycles. The fraction of sp³-hybridized carbons (Fsp3) is 0.333. The number of phenols is 1. The van der Waals surface area contributed by atoms with Gasteiger partial charge in [-0.15, -0.1) is 0 Å². The number of ether oxygens (including phenoxy) is 1. The van der Waals surface area contributed by atoms with Crippen LogP contribution in [0.2, 0.25) is 0 Å². The minimum atomic E-state index is -1.39. The highest BCUT2D eigenvalue weighted by atomic mass is 79.9. The number of ketones is 2. The monoisotopic (exact) mass is 487 g/mol. The van der Waals surface area contributed by atoms with E-state index in [-0.39, 0.29) is 29.5 Å². The van der Waals surface area contributed by atoms with E-state index in [0.717, 1.165) is 10.2 Å². The molecule has 0 saturated heterocycles. The van der Waals surface area contributed by atoms with Crippen LogP contribution in [0, 0.1) is 5.92 Å². The van der Waals surface area contributed by atoms with E-state index in [1.165, 1.54) is 27.0 Å². The van der Waals surface area contributed by atoms with Crippen LogP contribution in [0.5, 0.6) is 11.5 Å². The van der Waals surface area contributed by atoms with Crippen LogP contribution < -0.4 is 10.1 Å². The smallest absolute Gasteiger partial charge is 0.160 e. The summed E-state index contributed by atoms with van der Waals surface area (Å²) in [6, 6.07) is 12.2. The van der Waals surface area contributed by atoms with Gasteiger partial charge in [0.05, 0.1) is 18.6 Å². The van der Waals surface area contributed by atoms with Gasteiger partial charge >= 0.3 is 0 Å². The number of carbonyl (C=O) groups excluding carboxylic acids is 2. The van der Waals surface area contributed by atoms with Crippen molar-refractivity contribution in [3.8, 4) is 11.5 Å². The Labute approximate surface area is 190 Å². The Balaban J connectivity index is 2.23. The quantitative estimate of drug-likeness (QED) is 0.552. The summed E-state index contributed by atoms with van der Waals surface area (Å²) in [5, 5.41) is 24.6. The van der Waals surface area contributed by atoms with Gasteiger partial charge in [0.15, 0.2) is 17.3 Å². The van der Waals surface area contributed by atoms with Crippen molar-refractivity contribution in [2.24, 2.45) is 5.92 Å². The van der Waals surface area contributed by atoms with Crippen molar-refractivity contribution in [3.05, 3.63) is 63.8 Å². The molecular weight excluding hydrogens is 462 g/mol. The summed E-state index contributed by atoms with van der Waals surface area (Å²) < 4.78 is 6.15. The topological polar surface area (TPSA) is 95.9 Å². The summed E-state index contributed by atoms with van der Waals surface area (Å²) in [6.45, 7) is 4.50. The van der Waals surface area contributed by atoms with Crippen molar-refractivity contribution >= 4 is 33.2 Å². The lowest BCUT2D eigenvalue weighted by Gasteiger charge is -2.43. The van der Waals surface area contributed by atoms with Gasteiger partial charge < -0.3 is 20.3 Å². The normalized spacial score (nSPS) is 23.4. The van der Waals surface area contributed by atoms with Crippen LogP contribution in [-0.4, -0.2) is 34.5 Å². The summed E-state index contributed by atoms with van der Waals surface area (Å²) >= 11 is 3.40. The highest BCUT2D eigenvalue weighted by Crippen LogP contribution is 2.48. The molecule has 0 unspecified atom stereocenters. The Bertz CT molecular complexity index is 1040. The van der Waals surface area contributed by atoms with E-state index in [9.17, 15) is 19.8 Å². The Hall–Kier alpha value is -2.64. The van der Waals surface area contributed by atoms with Crippen molar-refractivity contribution in [3.63, 3.8) is 0 Å². The molecule has 0 spiro atoms. The van der Waals surface area contributed by atoms with E-state index >= 15 is 0 Å². The van der Waals surface area contributed by atoms with E-state index in [1.807, 2.05) is 24.3 Å². The second kappa shape index (κ2) is 8.85. The second-order valence-corrected chi connectivity index (χ2v) is 9.03. The first-order chi connectivity index (χ1) is 14.5. The molecule has 2 aromatic carbocycles. The minimum Gasteiger partial charge on any atom is -0.504 e. The molecule has 3 rings (SSSR count). The predicted molar refractivity (Wildman–Crippen MR) is 122 cm³/mol. The number of allylic oxidation sites excluding steroid dienone is 1. The number of nitrogens with one attached hydrogen (secondary N) is 1. The molecule has 6 nitrogen and oxygen atoms in total. The zero-order valence-corrected chi connectivity index (χ0v) is 19.5. The molecule has 0 fully saturated rings. The largest absolute Gasteiger partial charge is 0.504 e. The number of anilines is 1. The Morgan fingerprint density at radius 1 is 1.16 bits per heavy atom. The van der Waals surface area contributed by atoms with Gasteiger partial charge in [-0.25, -0.2) is 0 Å². The Kier molecular flexibility index (Phi) is 6.57. The molecule has 0 aromatic heterocycles. The first-order valence-electron chi connectivity index (χ1n) is 9.91. The molecule has 164 valence electrons. The average molecular weight is 488 g/mol. The number of aromatic hydroxyl groups is 1. The van der Waals surface area contributed by atoms with Crippen LogP contribution in [0.15, 0.2) is 58.2 Å². The maximum atomic E-state index is 12.9. The molecule has 1 aliphatic rings. The number of rotatable bonds is 6. The molecule has 0 saturated carbocycles. The third-order valence-corrected chi connectivity index (χ3v) is 6.22. The van der Waals surface area contributed by atoms with Gasteiger partial charge in [-0.3, -0.25) is 9.59 Å². The predicted octanol–water partition coefficient (Wildman–Crippen LogP) is 4.56. The molecule has 31 heavy (non-hydrogen) atoms. The van der Waals surface area contributed by atoms with Crippen molar-refractivity contribution in [1.29, 1.82) is 0 Å². The van der Waals surface area contributed by atoms with E-state index in [2.05, 4.69) is 21.2 Å². The van der Waals surface area contributed by atoms with E-state index in [1.54, 1.807) is 19.1 Å². The third kappa shape index (κ3) is 4.67. The molecule has 0 heterocycles. The van der Waals surface area contributed by atoms with Gasteiger partial charge in [0.1, 0.15) is 5.78 Å². The molecule has 0 radical (unpaired) electrons. The van der Waals surface area contributed by atoms with Crippen LogP contribution in [0.25, 0.3) is 0 Å². The van der Waals surface area contributed by atoms with Gasteiger partial charge in [0, 0.05) is 33.8 Å². The van der Waals surface area contributed by atoms with E-state index in [0.29, 0.717) is 16.8 Å². The molecule has 3 atom stereocenters. The van der Waals surface area contributed by atoms with Gasteiger partial charge in [-0.2, -0.15) is 0 Å². The molecule has 3 N–H and O–H groups in total. The SMILES string of the molecule is COc1cc([C@@H]2C(C(C)=O)=C(Nc3ccc(Br)cc3)C[C@@](C)(O)[C@H]2C(C)=O)ccc1O. The summed E-state index contributed by atoms with van der Waals surface area (Å²) in [4.78, 5) is 25.5. The van der Waals surface area contributed by atoms with Gasteiger partial charge in [-0.1, -0.05) is 22.0 Å². The molecule has 2 aromatic rings. The van der Waals surface area contributed by atoms with Crippen LogP contribution in [0.4, 0.5) is 5.69 Å². The fourth-order valence-corrected chi connectivity index (χ4v) is 4.71. The molecule has 7 heteroatoms. The van der Waals surface area contributed by atoms with E-state index in [4.69, 9.17) is 4.74 Å². The van der Waals surface area contributed by atoms with Crippen molar-refractivity contribution in [2.45, 2.75) is 38.7 Å². The Morgan fingerprint density at radius 2 is 1.81 bits per heavy atom.